The average molecular weight is 418 g/mol. The number of amides is 1. The lowest BCUT2D eigenvalue weighted by molar-refractivity contribution is -0.137. The number of alkyl halides is 3. The second-order valence-electron chi connectivity index (χ2n) is 5.83. The van der Waals surface area contributed by atoms with Crippen molar-refractivity contribution in [3.8, 4) is 11.5 Å². The third-order valence-electron chi connectivity index (χ3n) is 3.61. The topological polar surface area (TPSA) is 110 Å². The molecule has 11 heteroatoms. The van der Waals surface area contributed by atoms with Crippen molar-refractivity contribution in [3.05, 3.63) is 54.1 Å². The van der Waals surface area contributed by atoms with Gasteiger partial charge in [-0.05, 0) is 48.5 Å². The first-order valence-corrected chi connectivity index (χ1v) is 9.63. The number of carbonyl (C=O) groups is 1. The highest BCUT2D eigenvalue weighted by atomic mass is 32.2. The zero-order chi connectivity index (χ0) is 21.1. The van der Waals surface area contributed by atoms with E-state index in [9.17, 15) is 31.5 Å². The number of carbonyl (C=O) groups excluding carboxylic acids is 1. The first-order valence-electron chi connectivity index (χ1n) is 7.78. The maximum atomic E-state index is 12.6. The Kier molecular flexibility index (Phi) is 6.20. The van der Waals surface area contributed by atoms with Crippen LogP contribution >= 0.6 is 0 Å². The molecule has 2 rings (SSSR count). The molecule has 152 valence electrons. The molecule has 1 amide bonds. The molecule has 0 unspecified atom stereocenters. The monoisotopic (exact) mass is 418 g/mol. The number of hydrogen-bond acceptors (Lipinski definition) is 5. The second kappa shape index (κ2) is 8.07. The number of benzene rings is 2. The number of rotatable bonds is 7. The smallest absolute Gasteiger partial charge is 0.416 e. The van der Waals surface area contributed by atoms with Crippen molar-refractivity contribution < 1.29 is 36.2 Å². The molecule has 0 radical (unpaired) electrons. The molecule has 2 aromatic carbocycles. The normalized spacial score (nSPS) is 13.0. The second-order valence-corrected chi connectivity index (χ2v) is 7.74. The molecule has 0 aliphatic rings. The van der Waals surface area contributed by atoms with E-state index in [1.165, 1.54) is 24.3 Å². The molecule has 2 aromatic rings. The number of aliphatic hydroxyl groups excluding tert-OH is 1. The van der Waals surface area contributed by atoms with E-state index in [0.29, 0.717) is 0 Å². The van der Waals surface area contributed by atoms with Gasteiger partial charge in [0.2, 0.25) is 15.9 Å². The van der Waals surface area contributed by atoms with Crippen LogP contribution in [0.2, 0.25) is 0 Å². The molecule has 3 N–H and O–H groups in total. The molecule has 0 saturated carbocycles. The van der Waals surface area contributed by atoms with Crippen LogP contribution in [-0.4, -0.2) is 38.3 Å². The molecule has 0 saturated heterocycles. The highest BCUT2D eigenvalue weighted by Crippen LogP contribution is 2.32. The number of nitrogens with two attached hydrogens (primary N) is 1. The summed E-state index contributed by atoms with van der Waals surface area (Å²) < 4.78 is 67.7. The summed E-state index contributed by atoms with van der Waals surface area (Å²) in [4.78, 5) is 11.0. The number of anilines is 1. The zero-order valence-corrected chi connectivity index (χ0v) is 15.4. The van der Waals surface area contributed by atoms with E-state index >= 15 is 0 Å². The van der Waals surface area contributed by atoms with Gasteiger partial charge >= 0.3 is 6.18 Å². The van der Waals surface area contributed by atoms with Gasteiger partial charge in [0.25, 0.3) is 0 Å². The molecule has 7 nitrogen and oxygen atoms in total. The lowest BCUT2D eigenvalue weighted by atomic mass is 10.2. The van der Waals surface area contributed by atoms with Crippen LogP contribution in [-0.2, 0) is 21.0 Å². The van der Waals surface area contributed by atoms with E-state index in [2.05, 4.69) is 0 Å². The van der Waals surface area contributed by atoms with Crippen molar-refractivity contribution in [1.82, 2.24) is 0 Å². The number of halogens is 3. The Bertz CT molecular complexity index is 929. The van der Waals surface area contributed by atoms with E-state index in [1.807, 2.05) is 0 Å². The van der Waals surface area contributed by atoms with Crippen LogP contribution in [0.5, 0.6) is 11.5 Å². The van der Waals surface area contributed by atoms with E-state index in [4.69, 9.17) is 10.5 Å². The van der Waals surface area contributed by atoms with Crippen LogP contribution in [0.4, 0.5) is 18.9 Å². The maximum Gasteiger partial charge on any atom is 0.416 e. The van der Waals surface area contributed by atoms with E-state index < -0.39 is 40.3 Å². The molecule has 0 heterocycles. The molecule has 0 fully saturated rings. The molecular weight excluding hydrogens is 401 g/mol. The van der Waals surface area contributed by atoms with Crippen LogP contribution < -0.4 is 14.8 Å². The highest BCUT2D eigenvalue weighted by Gasteiger charge is 2.30. The number of hydrogen-bond donors (Lipinski definition) is 2. The summed E-state index contributed by atoms with van der Waals surface area (Å²) in [5, 5.41) is 9.57. The van der Waals surface area contributed by atoms with Gasteiger partial charge in [-0.1, -0.05) is 0 Å². The molecule has 0 bridgehead atoms. The minimum atomic E-state index is -4.45. The van der Waals surface area contributed by atoms with Gasteiger partial charge in [0.05, 0.1) is 24.1 Å². The van der Waals surface area contributed by atoms with Gasteiger partial charge in [-0.2, -0.15) is 13.2 Å². The SMILES string of the molecule is CS(=O)(=O)N(C[C@H](O)C(N)=O)c1ccc(Oc2ccc(C(F)(F)F)cc2)cc1. The molecule has 0 aliphatic carbocycles. The summed E-state index contributed by atoms with van der Waals surface area (Å²) in [6, 6.07) is 9.55. The standard InChI is InChI=1S/C17H17F3N2O5S/c1-28(25,26)22(10-15(23)16(21)24)12-4-8-14(9-5-12)27-13-6-2-11(3-7-13)17(18,19)20/h2-9,15,23H,10H2,1H3,(H2,21,24)/t15-/m0/s1. The number of nitrogens with zero attached hydrogens (tertiary/aromatic N) is 1. The highest BCUT2D eigenvalue weighted by molar-refractivity contribution is 7.92. The van der Waals surface area contributed by atoms with Gasteiger partial charge in [-0.15, -0.1) is 0 Å². The number of aliphatic hydroxyl groups is 1. The lowest BCUT2D eigenvalue weighted by Crippen LogP contribution is -2.42. The minimum absolute atomic E-state index is 0.141. The van der Waals surface area contributed by atoms with Crippen LogP contribution in [0.1, 0.15) is 5.56 Å². The third kappa shape index (κ3) is 5.60. The van der Waals surface area contributed by atoms with Crippen LogP contribution in [0.25, 0.3) is 0 Å². The Morgan fingerprint density at radius 2 is 1.57 bits per heavy atom. The Labute approximate surface area is 159 Å². The lowest BCUT2D eigenvalue weighted by Gasteiger charge is -2.24. The van der Waals surface area contributed by atoms with Crippen LogP contribution in [0.15, 0.2) is 48.5 Å². The van der Waals surface area contributed by atoms with Gasteiger partial charge < -0.3 is 15.6 Å². The van der Waals surface area contributed by atoms with Crippen molar-refractivity contribution in [1.29, 1.82) is 0 Å². The molecule has 0 aromatic heterocycles. The van der Waals surface area contributed by atoms with Gasteiger partial charge in [0, 0.05) is 0 Å². The van der Waals surface area contributed by atoms with Crippen molar-refractivity contribution in [2.24, 2.45) is 5.73 Å². The van der Waals surface area contributed by atoms with Gasteiger partial charge in [-0.25, -0.2) is 8.42 Å². The largest absolute Gasteiger partial charge is 0.457 e. The predicted molar refractivity (Wildman–Crippen MR) is 95.4 cm³/mol. The first-order chi connectivity index (χ1) is 12.9. The van der Waals surface area contributed by atoms with E-state index in [-0.39, 0.29) is 17.2 Å². The van der Waals surface area contributed by atoms with Gasteiger partial charge in [-0.3, -0.25) is 9.10 Å². The minimum Gasteiger partial charge on any atom is -0.457 e. The third-order valence-corrected chi connectivity index (χ3v) is 4.77. The molecule has 28 heavy (non-hydrogen) atoms. The fraction of sp³-hybridized carbons (Fsp3) is 0.235. The summed E-state index contributed by atoms with van der Waals surface area (Å²) in [5.41, 5.74) is 4.28. The van der Waals surface area contributed by atoms with Crippen LogP contribution in [0.3, 0.4) is 0 Å². The quantitative estimate of drug-likeness (QED) is 0.716. The summed E-state index contributed by atoms with van der Waals surface area (Å²) in [7, 11) is -3.82. The average Bonchev–Trinajstić information content (AvgIpc) is 2.59. The zero-order valence-electron chi connectivity index (χ0n) is 14.6. The first kappa shape index (κ1) is 21.5. The fourth-order valence-corrected chi connectivity index (χ4v) is 3.12. The fourth-order valence-electron chi connectivity index (χ4n) is 2.21. The Morgan fingerprint density at radius 3 is 1.96 bits per heavy atom. The molecule has 0 aliphatic heterocycles. The Hall–Kier alpha value is -2.79. The van der Waals surface area contributed by atoms with Gasteiger partial charge in [0.1, 0.15) is 11.5 Å². The van der Waals surface area contributed by atoms with Crippen LogP contribution in [0, 0.1) is 0 Å². The van der Waals surface area contributed by atoms with E-state index in [1.54, 1.807) is 0 Å². The molecular formula is C17H17F3N2O5S. The van der Waals surface area contributed by atoms with Crippen molar-refractivity contribution in [3.63, 3.8) is 0 Å². The van der Waals surface area contributed by atoms with Crippen molar-refractivity contribution in [2.75, 3.05) is 17.1 Å². The molecule has 1 atom stereocenters. The van der Waals surface area contributed by atoms with Crippen molar-refractivity contribution in [2.45, 2.75) is 12.3 Å². The summed E-state index contributed by atoms with van der Waals surface area (Å²) in [5.74, 6) is -0.673. The maximum absolute atomic E-state index is 12.6. The van der Waals surface area contributed by atoms with Gasteiger partial charge in [0.15, 0.2) is 6.10 Å². The number of sulfonamides is 1. The predicted octanol–water partition coefficient (Wildman–Crippen LogP) is 2.11. The summed E-state index contributed by atoms with van der Waals surface area (Å²) in [6.07, 6.45) is -5.25. The van der Waals surface area contributed by atoms with Crippen molar-refractivity contribution >= 4 is 21.6 Å². The summed E-state index contributed by atoms with van der Waals surface area (Å²) >= 11 is 0. The molecule has 0 spiro atoms. The Morgan fingerprint density at radius 1 is 1.11 bits per heavy atom. The number of ether oxygens (including phenoxy) is 1. The number of primary amides is 1. The van der Waals surface area contributed by atoms with E-state index in [0.717, 1.165) is 34.8 Å². The summed E-state index contributed by atoms with van der Waals surface area (Å²) in [6.45, 7) is -0.562. The Balaban J connectivity index is 2.18.